The number of nitrogens with one attached hydrogen (secondary N) is 1. The molecule has 0 aromatic heterocycles. The first-order valence-corrected chi connectivity index (χ1v) is 5.88. The predicted octanol–water partition coefficient (Wildman–Crippen LogP) is 1.65. The fourth-order valence-corrected chi connectivity index (χ4v) is 2.09. The molecule has 4 heteroatoms. The van der Waals surface area contributed by atoms with Crippen molar-refractivity contribution in [3.8, 4) is 0 Å². The highest BCUT2D eigenvalue weighted by atomic mass is 19.1. The van der Waals surface area contributed by atoms with Crippen LogP contribution in [0, 0.1) is 5.82 Å². The van der Waals surface area contributed by atoms with Crippen LogP contribution in [0.5, 0.6) is 0 Å². The lowest BCUT2D eigenvalue weighted by molar-refractivity contribution is 0.0616. The zero-order valence-electron chi connectivity index (χ0n) is 10.1. The molecule has 1 saturated heterocycles. The molecular weight excluding hydrogens is 219 g/mol. The first-order valence-electron chi connectivity index (χ1n) is 5.88. The molecule has 0 saturated carbocycles. The highest BCUT2D eigenvalue weighted by Crippen LogP contribution is 2.13. The Hall–Kier alpha value is -1.42. The van der Waals surface area contributed by atoms with Gasteiger partial charge in [0.05, 0.1) is 0 Å². The Balaban J connectivity index is 2.18. The van der Waals surface area contributed by atoms with E-state index < -0.39 is 0 Å². The smallest absolute Gasteiger partial charge is 0.254 e. The van der Waals surface area contributed by atoms with Crippen LogP contribution < -0.4 is 5.32 Å². The monoisotopic (exact) mass is 236 g/mol. The zero-order chi connectivity index (χ0) is 12.4. The van der Waals surface area contributed by atoms with Gasteiger partial charge in [-0.15, -0.1) is 0 Å². The van der Waals surface area contributed by atoms with Crippen LogP contribution in [0.3, 0.4) is 0 Å². The van der Waals surface area contributed by atoms with Crippen molar-refractivity contribution < 1.29 is 9.18 Å². The number of carbonyl (C=O) groups is 1. The Morgan fingerprint density at radius 3 is 2.94 bits per heavy atom. The SMILES string of the molecule is CC1CN(C(=O)c2cccc(F)c2)C(C)CN1. The first kappa shape index (κ1) is 12.0. The lowest BCUT2D eigenvalue weighted by atomic mass is 10.1. The van der Waals surface area contributed by atoms with Gasteiger partial charge in [0.2, 0.25) is 0 Å². The summed E-state index contributed by atoms with van der Waals surface area (Å²) in [6.07, 6.45) is 0. The van der Waals surface area contributed by atoms with Gasteiger partial charge in [-0.3, -0.25) is 4.79 Å². The van der Waals surface area contributed by atoms with Gasteiger partial charge in [-0.25, -0.2) is 4.39 Å². The van der Waals surface area contributed by atoms with Crippen LogP contribution in [0.1, 0.15) is 24.2 Å². The number of hydrogen-bond acceptors (Lipinski definition) is 2. The Morgan fingerprint density at radius 1 is 1.47 bits per heavy atom. The van der Waals surface area contributed by atoms with Crippen molar-refractivity contribution in [1.29, 1.82) is 0 Å². The molecule has 1 amide bonds. The molecule has 1 heterocycles. The molecule has 1 aromatic rings. The quantitative estimate of drug-likeness (QED) is 0.804. The van der Waals surface area contributed by atoms with Crippen molar-refractivity contribution in [1.82, 2.24) is 10.2 Å². The Bertz CT molecular complexity index is 422. The van der Waals surface area contributed by atoms with Gasteiger partial charge in [0.1, 0.15) is 5.82 Å². The molecule has 1 aliphatic rings. The summed E-state index contributed by atoms with van der Waals surface area (Å²) in [7, 11) is 0. The van der Waals surface area contributed by atoms with Crippen LogP contribution in [0.25, 0.3) is 0 Å². The minimum absolute atomic E-state index is 0.0923. The number of benzene rings is 1. The van der Waals surface area contributed by atoms with Crippen LogP contribution in [0.4, 0.5) is 4.39 Å². The van der Waals surface area contributed by atoms with Crippen molar-refractivity contribution in [3.63, 3.8) is 0 Å². The van der Waals surface area contributed by atoms with Gasteiger partial charge in [0.15, 0.2) is 0 Å². The van der Waals surface area contributed by atoms with E-state index in [1.54, 1.807) is 17.0 Å². The maximum absolute atomic E-state index is 13.1. The van der Waals surface area contributed by atoms with Gasteiger partial charge in [-0.05, 0) is 32.0 Å². The van der Waals surface area contributed by atoms with E-state index >= 15 is 0 Å². The van der Waals surface area contributed by atoms with E-state index in [2.05, 4.69) is 5.32 Å². The van der Waals surface area contributed by atoms with Crippen molar-refractivity contribution >= 4 is 5.91 Å². The molecule has 2 rings (SSSR count). The summed E-state index contributed by atoms with van der Waals surface area (Å²) in [4.78, 5) is 14.0. The Morgan fingerprint density at radius 2 is 2.24 bits per heavy atom. The molecule has 1 aliphatic heterocycles. The summed E-state index contributed by atoms with van der Waals surface area (Å²) in [6.45, 7) is 5.48. The Labute approximate surface area is 101 Å². The van der Waals surface area contributed by atoms with E-state index in [1.165, 1.54) is 12.1 Å². The summed E-state index contributed by atoms with van der Waals surface area (Å²) >= 11 is 0. The van der Waals surface area contributed by atoms with E-state index in [0.717, 1.165) is 6.54 Å². The molecule has 1 aromatic carbocycles. The summed E-state index contributed by atoms with van der Waals surface area (Å²) < 4.78 is 13.1. The lowest BCUT2D eigenvalue weighted by Crippen LogP contribution is -2.56. The average molecular weight is 236 g/mol. The maximum Gasteiger partial charge on any atom is 0.254 e. The summed E-state index contributed by atoms with van der Waals surface area (Å²) in [6, 6.07) is 6.29. The van der Waals surface area contributed by atoms with Crippen molar-refractivity contribution in [3.05, 3.63) is 35.6 Å². The van der Waals surface area contributed by atoms with Gasteiger partial charge in [0, 0.05) is 30.7 Å². The minimum Gasteiger partial charge on any atom is -0.333 e. The summed E-state index contributed by atoms with van der Waals surface area (Å²) in [5.41, 5.74) is 0.422. The molecule has 17 heavy (non-hydrogen) atoms. The second-order valence-corrected chi connectivity index (χ2v) is 4.63. The fourth-order valence-electron chi connectivity index (χ4n) is 2.09. The van der Waals surface area contributed by atoms with Gasteiger partial charge < -0.3 is 10.2 Å². The van der Waals surface area contributed by atoms with E-state index in [9.17, 15) is 9.18 Å². The molecule has 92 valence electrons. The molecular formula is C13H17FN2O. The molecule has 2 atom stereocenters. The predicted molar refractivity (Wildman–Crippen MR) is 64.4 cm³/mol. The van der Waals surface area contributed by atoms with Crippen molar-refractivity contribution in [2.24, 2.45) is 0 Å². The van der Waals surface area contributed by atoms with Crippen LogP contribution in [-0.2, 0) is 0 Å². The highest BCUT2D eigenvalue weighted by molar-refractivity contribution is 5.94. The largest absolute Gasteiger partial charge is 0.333 e. The summed E-state index contributed by atoms with van der Waals surface area (Å²) in [5.74, 6) is -0.461. The fraction of sp³-hybridized carbons (Fsp3) is 0.462. The van der Waals surface area contributed by atoms with Gasteiger partial charge in [-0.1, -0.05) is 6.07 Å². The number of amides is 1. The average Bonchev–Trinajstić information content (AvgIpc) is 2.31. The normalized spacial score (nSPS) is 24.8. The highest BCUT2D eigenvalue weighted by Gasteiger charge is 2.27. The number of hydrogen-bond donors (Lipinski definition) is 1. The van der Waals surface area contributed by atoms with Crippen LogP contribution in [0.2, 0.25) is 0 Å². The minimum atomic E-state index is -0.369. The number of halogens is 1. The molecule has 0 radical (unpaired) electrons. The molecule has 3 nitrogen and oxygen atoms in total. The third-order valence-electron chi connectivity index (χ3n) is 3.10. The third-order valence-corrected chi connectivity index (χ3v) is 3.10. The Kier molecular flexibility index (Phi) is 3.43. The number of nitrogens with zero attached hydrogens (tertiary/aromatic N) is 1. The van der Waals surface area contributed by atoms with E-state index in [0.29, 0.717) is 12.1 Å². The second-order valence-electron chi connectivity index (χ2n) is 4.63. The van der Waals surface area contributed by atoms with Crippen LogP contribution in [0.15, 0.2) is 24.3 Å². The van der Waals surface area contributed by atoms with E-state index in [-0.39, 0.29) is 23.8 Å². The molecule has 0 spiro atoms. The number of carbonyl (C=O) groups excluding carboxylic acids is 1. The molecule has 1 N–H and O–H groups in total. The maximum atomic E-state index is 13.1. The van der Waals surface area contributed by atoms with E-state index in [4.69, 9.17) is 0 Å². The van der Waals surface area contributed by atoms with Gasteiger partial charge in [-0.2, -0.15) is 0 Å². The third kappa shape index (κ3) is 2.64. The standard InChI is InChI=1S/C13H17FN2O/c1-9-8-16(10(2)7-15-9)13(17)11-4-3-5-12(14)6-11/h3-6,9-10,15H,7-8H2,1-2H3. The van der Waals surface area contributed by atoms with Crippen LogP contribution in [-0.4, -0.2) is 36.0 Å². The molecule has 0 bridgehead atoms. The number of rotatable bonds is 1. The number of piperazine rings is 1. The lowest BCUT2D eigenvalue weighted by Gasteiger charge is -2.37. The zero-order valence-corrected chi connectivity index (χ0v) is 10.1. The first-order chi connectivity index (χ1) is 8.08. The second kappa shape index (κ2) is 4.84. The van der Waals surface area contributed by atoms with Gasteiger partial charge >= 0.3 is 0 Å². The van der Waals surface area contributed by atoms with Gasteiger partial charge in [0.25, 0.3) is 5.91 Å². The molecule has 1 fully saturated rings. The van der Waals surface area contributed by atoms with Crippen LogP contribution >= 0.6 is 0 Å². The van der Waals surface area contributed by atoms with Crippen molar-refractivity contribution in [2.75, 3.05) is 13.1 Å². The summed E-state index contributed by atoms with van der Waals surface area (Å²) in [5, 5.41) is 3.31. The van der Waals surface area contributed by atoms with E-state index in [1.807, 2.05) is 13.8 Å². The molecule has 0 aliphatic carbocycles. The molecule has 2 unspecified atom stereocenters. The topological polar surface area (TPSA) is 32.3 Å². The van der Waals surface area contributed by atoms with Crippen molar-refractivity contribution in [2.45, 2.75) is 25.9 Å².